The summed E-state index contributed by atoms with van der Waals surface area (Å²) in [6.45, 7) is 1.18. The van der Waals surface area contributed by atoms with Gasteiger partial charge in [-0.15, -0.1) is 0 Å². The van der Waals surface area contributed by atoms with Crippen LogP contribution in [-0.2, 0) is 15.9 Å². The van der Waals surface area contributed by atoms with E-state index in [0.717, 1.165) is 0 Å². The molecule has 0 bridgehead atoms. The van der Waals surface area contributed by atoms with Crippen molar-refractivity contribution in [2.75, 3.05) is 0 Å². The van der Waals surface area contributed by atoms with Crippen molar-refractivity contribution in [1.29, 1.82) is 0 Å². The molecular weight excluding hydrogens is 130 g/mol. The molecular formula is C3H7NO3S. The van der Waals surface area contributed by atoms with Crippen molar-refractivity contribution in [3.8, 4) is 0 Å². The monoisotopic (exact) mass is 137 g/mol. The Balaban J connectivity index is 4.12. The molecule has 0 aromatic heterocycles. The maximum Gasteiger partial charge on any atom is 0.180 e. The Morgan fingerprint density at radius 3 is 2.25 bits per heavy atom. The first-order valence-corrected chi connectivity index (χ1v) is 2.97. The van der Waals surface area contributed by atoms with Crippen molar-refractivity contribution >= 4 is 17.4 Å². The summed E-state index contributed by atoms with van der Waals surface area (Å²) in [7, 11) is 0. The van der Waals surface area contributed by atoms with Gasteiger partial charge in [0.1, 0.15) is 0 Å². The molecule has 0 saturated heterocycles. The van der Waals surface area contributed by atoms with Crippen LogP contribution >= 0.6 is 0 Å². The zero-order chi connectivity index (χ0) is 6.78. The van der Waals surface area contributed by atoms with Gasteiger partial charge < -0.3 is 15.1 Å². The number of carbonyl (C=O) groups excluding carboxylic acids is 1. The van der Waals surface area contributed by atoms with Gasteiger partial charge in [-0.25, -0.2) is 4.21 Å². The van der Waals surface area contributed by atoms with Crippen molar-refractivity contribution in [3.63, 3.8) is 0 Å². The average molecular weight is 137 g/mol. The van der Waals surface area contributed by atoms with Crippen LogP contribution in [0.5, 0.6) is 0 Å². The summed E-state index contributed by atoms with van der Waals surface area (Å²) in [5.41, 5.74) is 4.94. The zero-order valence-electron chi connectivity index (χ0n) is 4.33. The van der Waals surface area contributed by atoms with Gasteiger partial charge in [-0.1, -0.05) is 0 Å². The van der Waals surface area contributed by atoms with Crippen LogP contribution in [0.3, 0.4) is 0 Å². The van der Waals surface area contributed by atoms with Crippen molar-refractivity contribution in [2.24, 2.45) is 5.73 Å². The fraction of sp³-hybridized carbons (Fsp3) is 0.667. The van der Waals surface area contributed by atoms with E-state index in [1.165, 1.54) is 6.92 Å². The molecule has 0 amide bonds. The molecule has 4 nitrogen and oxygen atoms in total. The largest absolute Gasteiger partial charge is 0.307 e. The molecule has 2 unspecified atom stereocenters. The molecule has 0 rings (SSSR count). The van der Waals surface area contributed by atoms with Gasteiger partial charge in [0.05, 0.1) is 0 Å². The molecule has 0 saturated carbocycles. The molecule has 0 aliphatic carbocycles. The van der Waals surface area contributed by atoms with E-state index in [1.54, 1.807) is 0 Å². The first-order chi connectivity index (χ1) is 3.50. The van der Waals surface area contributed by atoms with Crippen LogP contribution in [-0.4, -0.2) is 19.9 Å². The molecule has 0 fully saturated rings. The van der Waals surface area contributed by atoms with Crippen molar-refractivity contribution in [3.05, 3.63) is 0 Å². The lowest BCUT2D eigenvalue weighted by Crippen LogP contribution is -2.42. The molecule has 2 atom stereocenters. The minimum absolute atomic E-state index is 0.239. The Labute approximate surface area is 49.3 Å². The van der Waals surface area contributed by atoms with Gasteiger partial charge >= 0.3 is 0 Å². The smallest absolute Gasteiger partial charge is 0.180 e. The summed E-state index contributed by atoms with van der Waals surface area (Å²) in [6, 6.07) is 0. The summed E-state index contributed by atoms with van der Waals surface area (Å²) in [6.07, 6.45) is 0.239. The van der Waals surface area contributed by atoms with E-state index in [0.29, 0.717) is 0 Å². The molecule has 0 aromatic carbocycles. The zero-order valence-corrected chi connectivity index (χ0v) is 5.14. The van der Waals surface area contributed by atoms with Gasteiger partial charge in [0.2, 0.25) is 0 Å². The number of aldehydes is 1. The van der Waals surface area contributed by atoms with Gasteiger partial charge in [-0.2, -0.15) is 0 Å². The van der Waals surface area contributed by atoms with Gasteiger partial charge in [0.25, 0.3) is 0 Å². The Morgan fingerprint density at radius 2 is 2.25 bits per heavy atom. The average Bonchev–Trinajstić information content (AvgIpc) is 1.67. The molecule has 0 heterocycles. The lowest BCUT2D eigenvalue weighted by Gasteiger charge is -2.08. The van der Waals surface area contributed by atoms with Crippen LogP contribution in [0.2, 0.25) is 0 Å². The summed E-state index contributed by atoms with van der Waals surface area (Å²) >= 11 is -2.27. The highest BCUT2D eigenvalue weighted by molar-refractivity contribution is 7.81. The minimum atomic E-state index is -2.27. The Bertz CT molecular complexity index is 122. The predicted molar refractivity (Wildman–Crippen MR) is 29.4 cm³/mol. The summed E-state index contributed by atoms with van der Waals surface area (Å²) in [5, 5.41) is 0. The van der Waals surface area contributed by atoms with Crippen LogP contribution in [0.1, 0.15) is 6.92 Å². The van der Waals surface area contributed by atoms with E-state index < -0.39 is 16.0 Å². The molecule has 0 radical (unpaired) electrons. The molecule has 0 aliphatic heterocycles. The molecule has 8 heavy (non-hydrogen) atoms. The lowest BCUT2D eigenvalue weighted by atomic mass is 10.4. The van der Waals surface area contributed by atoms with E-state index in [4.69, 9.17) is 10.3 Å². The third-order valence-corrected chi connectivity index (χ3v) is 1.46. The molecule has 0 spiro atoms. The lowest BCUT2D eigenvalue weighted by molar-refractivity contribution is -0.109. The molecule has 5 heteroatoms. The maximum atomic E-state index is 10.0. The third kappa shape index (κ3) is 1.69. The highest BCUT2D eigenvalue weighted by Gasteiger charge is 2.23. The second kappa shape index (κ2) is 2.34. The van der Waals surface area contributed by atoms with Crippen molar-refractivity contribution in [2.45, 2.75) is 11.8 Å². The molecule has 0 aromatic rings. The molecule has 0 aliphatic rings. The second-order valence-corrected chi connectivity index (χ2v) is 2.93. The fourth-order valence-electron chi connectivity index (χ4n) is 0.0412. The SMILES string of the molecule is CC(N)(C=O)S(=O)O. The molecule has 3 N–H and O–H groups in total. The normalized spacial score (nSPS) is 21.4. The van der Waals surface area contributed by atoms with E-state index in [2.05, 4.69) is 0 Å². The molecule has 48 valence electrons. The van der Waals surface area contributed by atoms with Crippen LogP contribution in [0, 0.1) is 0 Å². The van der Waals surface area contributed by atoms with E-state index >= 15 is 0 Å². The van der Waals surface area contributed by atoms with Crippen molar-refractivity contribution in [1.82, 2.24) is 0 Å². The van der Waals surface area contributed by atoms with Gasteiger partial charge in [-0.05, 0) is 6.92 Å². The first kappa shape index (κ1) is 7.74. The Morgan fingerprint density at radius 1 is 1.88 bits per heavy atom. The maximum absolute atomic E-state index is 10.0. The highest BCUT2D eigenvalue weighted by atomic mass is 32.2. The summed E-state index contributed by atoms with van der Waals surface area (Å²) in [5.74, 6) is 0. The highest BCUT2D eigenvalue weighted by Crippen LogP contribution is 1.96. The third-order valence-electron chi connectivity index (χ3n) is 0.610. The quantitative estimate of drug-likeness (QED) is 0.381. The topological polar surface area (TPSA) is 80.4 Å². The Hall–Kier alpha value is -0.260. The minimum Gasteiger partial charge on any atom is -0.307 e. The standard InChI is InChI=1S/C3H7NO3S/c1-3(4,2-5)8(6)7/h2H,4H2,1H3,(H,6,7). The van der Waals surface area contributed by atoms with Gasteiger partial charge in [0, 0.05) is 0 Å². The van der Waals surface area contributed by atoms with Crippen LogP contribution in [0.25, 0.3) is 0 Å². The van der Waals surface area contributed by atoms with Crippen LogP contribution in [0.4, 0.5) is 0 Å². The first-order valence-electron chi connectivity index (χ1n) is 1.87. The summed E-state index contributed by atoms with van der Waals surface area (Å²) < 4.78 is 18.2. The number of hydrogen-bond donors (Lipinski definition) is 2. The second-order valence-electron chi connectivity index (χ2n) is 1.55. The van der Waals surface area contributed by atoms with E-state index in [9.17, 15) is 9.00 Å². The number of hydrogen-bond acceptors (Lipinski definition) is 3. The van der Waals surface area contributed by atoms with E-state index in [1.807, 2.05) is 0 Å². The number of rotatable bonds is 2. The van der Waals surface area contributed by atoms with Crippen LogP contribution in [0.15, 0.2) is 0 Å². The Kier molecular flexibility index (Phi) is 2.26. The predicted octanol–water partition coefficient (Wildman–Crippen LogP) is -0.918. The number of carbonyl (C=O) groups is 1. The van der Waals surface area contributed by atoms with Gasteiger partial charge in [-0.3, -0.25) is 0 Å². The van der Waals surface area contributed by atoms with E-state index in [-0.39, 0.29) is 6.29 Å². The van der Waals surface area contributed by atoms with Gasteiger partial charge in [0.15, 0.2) is 22.2 Å². The van der Waals surface area contributed by atoms with Crippen LogP contribution < -0.4 is 5.73 Å². The number of nitrogens with two attached hydrogens (primary N) is 1. The summed E-state index contributed by atoms with van der Waals surface area (Å²) in [4.78, 5) is 8.18. The fourth-order valence-corrected chi connectivity index (χ4v) is 0.123. The van der Waals surface area contributed by atoms with Crippen molar-refractivity contribution < 1.29 is 13.6 Å².